The molecule has 0 saturated carbocycles. The molecule has 1 nitrogen and oxygen atoms in total. The van der Waals surface area contributed by atoms with E-state index >= 15 is 0 Å². The summed E-state index contributed by atoms with van der Waals surface area (Å²) < 4.78 is 0. The van der Waals surface area contributed by atoms with Crippen LogP contribution in [0, 0.1) is 0 Å². The quantitative estimate of drug-likeness (QED) is 0.331. The van der Waals surface area contributed by atoms with Crippen molar-refractivity contribution in [1.82, 2.24) is 0 Å². The highest BCUT2D eigenvalue weighted by Gasteiger charge is 1.90. The van der Waals surface area contributed by atoms with Gasteiger partial charge in [-0.15, -0.1) is 0 Å². The van der Waals surface area contributed by atoms with Crippen molar-refractivity contribution in [2.45, 2.75) is 39.0 Å². The Bertz CT molecular complexity index is 142. The minimum absolute atomic E-state index is 0.868. The van der Waals surface area contributed by atoms with Crippen molar-refractivity contribution in [2.75, 3.05) is 18.1 Å². The first kappa shape index (κ1) is 13.2. The molecule has 0 aliphatic heterocycles. The lowest BCUT2D eigenvalue weighted by Crippen LogP contribution is -1.84. The van der Waals surface area contributed by atoms with Crippen molar-refractivity contribution < 1.29 is 0 Å². The van der Waals surface area contributed by atoms with E-state index in [4.69, 9.17) is 0 Å². The molecule has 0 heterocycles. The van der Waals surface area contributed by atoms with E-state index in [9.17, 15) is 0 Å². The van der Waals surface area contributed by atoms with Gasteiger partial charge in [-0.1, -0.05) is 26.2 Å². The lowest BCUT2D eigenvalue weighted by atomic mass is 10.1. The van der Waals surface area contributed by atoms with Gasteiger partial charge in [0.2, 0.25) is 0 Å². The maximum absolute atomic E-state index is 4.48. The third-order valence-corrected chi connectivity index (χ3v) is 2.94. The highest BCUT2D eigenvalue weighted by Crippen LogP contribution is 2.08. The van der Waals surface area contributed by atoms with E-state index in [2.05, 4.69) is 29.3 Å². The van der Waals surface area contributed by atoms with Crippen LogP contribution >= 0.6 is 24.0 Å². The molecular weight excluding hydrogens is 198 g/mol. The van der Waals surface area contributed by atoms with Gasteiger partial charge in [0.1, 0.15) is 0 Å². The Kier molecular flexibility index (Phi) is 12.3. The van der Waals surface area contributed by atoms with E-state index in [0.717, 1.165) is 6.54 Å². The van der Waals surface area contributed by atoms with Gasteiger partial charge in [0, 0.05) is 6.54 Å². The van der Waals surface area contributed by atoms with Crippen LogP contribution < -0.4 is 0 Å². The molecule has 0 aromatic heterocycles. The van der Waals surface area contributed by atoms with Crippen LogP contribution in [0.1, 0.15) is 39.0 Å². The Morgan fingerprint density at radius 1 is 1.15 bits per heavy atom. The second-order valence-electron chi connectivity index (χ2n) is 2.94. The number of thioether (sulfide) groups is 1. The van der Waals surface area contributed by atoms with Crippen molar-refractivity contribution in [3.8, 4) is 0 Å². The van der Waals surface area contributed by atoms with Crippen molar-refractivity contribution >= 4 is 29.1 Å². The first-order valence-corrected chi connectivity index (χ1v) is 6.59. The fourth-order valence-electron chi connectivity index (χ4n) is 1.12. The third kappa shape index (κ3) is 12.1. The molecule has 0 spiro atoms. The van der Waals surface area contributed by atoms with Gasteiger partial charge in [0.25, 0.3) is 0 Å². The third-order valence-electron chi connectivity index (χ3n) is 1.83. The average Bonchev–Trinajstić information content (AvgIpc) is 2.16. The molecule has 0 saturated heterocycles. The number of thiocarbonyl (C=S) groups is 1. The number of aliphatic imine (C=N–C) groups is 1. The van der Waals surface area contributed by atoms with E-state index < -0.39 is 0 Å². The molecule has 0 amide bonds. The van der Waals surface area contributed by atoms with Crippen LogP contribution in [0.4, 0.5) is 0 Å². The van der Waals surface area contributed by atoms with Gasteiger partial charge >= 0.3 is 0 Å². The molecular formula is C10H19NS2. The second-order valence-corrected chi connectivity index (χ2v) is 4.51. The van der Waals surface area contributed by atoms with E-state index in [1.165, 1.54) is 43.6 Å². The predicted molar refractivity (Wildman–Crippen MR) is 66.0 cm³/mol. The maximum atomic E-state index is 4.48. The number of nitrogens with zero attached hydrogens (tertiary/aromatic N) is 1. The zero-order chi connectivity index (χ0) is 9.78. The van der Waals surface area contributed by atoms with Gasteiger partial charge < -0.3 is 0 Å². The van der Waals surface area contributed by atoms with Gasteiger partial charge in [-0.3, -0.25) is 0 Å². The zero-order valence-electron chi connectivity index (χ0n) is 8.42. The highest BCUT2D eigenvalue weighted by atomic mass is 32.2. The van der Waals surface area contributed by atoms with Gasteiger partial charge in [-0.25, -0.2) is 4.99 Å². The summed E-state index contributed by atoms with van der Waals surface area (Å²) in [5, 5.41) is 2.39. The molecule has 0 radical (unpaired) electrons. The molecule has 13 heavy (non-hydrogen) atoms. The van der Waals surface area contributed by atoms with Crippen molar-refractivity contribution in [3.05, 3.63) is 0 Å². The summed E-state index contributed by atoms with van der Waals surface area (Å²) in [6, 6.07) is 0. The standard InChI is InChI=1S/C10H19NS2/c1-2-13-9-7-5-3-4-6-8-11-10-12/h2-9H2,1H3. The van der Waals surface area contributed by atoms with Crippen LogP contribution in [-0.2, 0) is 0 Å². The van der Waals surface area contributed by atoms with Crippen LogP contribution in [0.5, 0.6) is 0 Å². The summed E-state index contributed by atoms with van der Waals surface area (Å²) in [7, 11) is 0. The fourth-order valence-corrected chi connectivity index (χ4v) is 1.90. The normalized spacial score (nSPS) is 9.62. The smallest absolute Gasteiger partial charge is 0.0584 e. The van der Waals surface area contributed by atoms with Crippen LogP contribution in [-0.4, -0.2) is 23.2 Å². The largest absolute Gasteiger partial charge is 0.233 e. The highest BCUT2D eigenvalue weighted by molar-refractivity contribution is 7.99. The van der Waals surface area contributed by atoms with Crippen molar-refractivity contribution in [1.29, 1.82) is 0 Å². The number of rotatable bonds is 9. The van der Waals surface area contributed by atoms with Crippen LogP contribution in [0.15, 0.2) is 4.99 Å². The molecule has 0 aliphatic carbocycles. The van der Waals surface area contributed by atoms with Gasteiger partial charge in [-0.2, -0.15) is 11.8 Å². The van der Waals surface area contributed by atoms with Gasteiger partial charge in [0.15, 0.2) is 0 Å². The summed E-state index contributed by atoms with van der Waals surface area (Å²) in [5.41, 5.74) is 0. The SMILES string of the molecule is CCSCCCCCCCN=C=S. The van der Waals surface area contributed by atoms with E-state index in [1.807, 2.05) is 11.8 Å². The predicted octanol–water partition coefficient (Wildman–Crippen LogP) is 3.79. The molecule has 0 aliphatic rings. The number of hydrogen-bond donors (Lipinski definition) is 0. The molecule has 0 atom stereocenters. The van der Waals surface area contributed by atoms with Crippen molar-refractivity contribution in [3.63, 3.8) is 0 Å². The second kappa shape index (κ2) is 12.2. The number of hydrogen-bond acceptors (Lipinski definition) is 3. The zero-order valence-corrected chi connectivity index (χ0v) is 10.1. The molecule has 0 aromatic rings. The molecule has 0 N–H and O–H groups in total. The molecule has 0 bridgehead atoms. The van der Waals surface area contributed by atoms with Crippen LogP contribution in [0.25, 0.3) is 0 Å². The van der Waals surface area contributed by atoms with Gasteiger partial charge in [-0.05, 0) is 36.6 Å². The molecule has 76 valence electrons. The van der Waals surface area contributed by atoms with E-state index in [0.29, 0.717) is 0 Å². The Morgan fingerprint density at radius 2 is 1.85 bits per heavy atom. The Morgan fingerprint density at radius 3 is 2.54 bits per heavy atom. The first-order chi connectivity index (χ1) is 6.41. The monoisotopic (exact) mass is 217 g/mol. The molecule has 3 heteroatoms. The lowest BCUT2D eigenvalue weighted by Gasteiger charge is -1.99. The minimum Gasteiger partial charge on any atom is -0.233 e. The summed E-state index contributed by atoms with van der Waals surface area (Å²) in [6.45, 7) is 3.08. The maximum Gasteiger partial charge on any atom is 0.0584 e. The van der Waals surface area contributed by atoms with Crippen LogP contribution in [0.2, 0.25) is 0 Å². The molecule has 0 rings (SSSR count). The number of isothiocyanates is 1. The summed E-state index contributed by atoms with van der Waals surface area (Å²) in [6.07, 6.45) is 6.54. The summed E-state index contributed by atoms with van der Waals surface area (Å²) in [4.78, 5) is 3.88. The Hall–Kier alpha value is 0.150. The molecule has 0 aromatic carbocycles. The van der Waals surface area contributed by atoms with E-state index in [-0.39, 0.29) is 0 Å². The van der Waals surface area contributed by atoms with E-state index in [1.54, 1.807) is 0 Å². The summed E-state index contributed by atoms with van der Waals surface area (Å²) in [5.74, 6) is 2.58. The Labute approximate surface area is 91.4 Å². The first-order valence-electron chi connectivity index (χ1n) is 5.03. The topological polar surface area (TPSA) is 12.4 Å². The molecule has 0 unspecified atom stereocenters. The van der Waals surface area contributed by atoms with Crippen LogP contribution in [0.3, 0.4) is 0 Å². The fraction of sp³-hybridized carbons (Fsp3) is 0.900. The average molecular weight is 217 g/mol. The summed E-state index contributed by atoms with van der Waals surface area (Å²) >= 11 is 6.52. The Balaban J connectivity index is 2.87. The number of unbranched alkanes of at least 4 members (excludes halogenated alkanes) is 4. The van der Waals surface area contributed by atoms with Gasteiger partial charge in [0.05, 0.1) is 5.16 Å². The lowest BCUT2D eigenvalue weighted by molar-refractivity contribution is 0.642. The minimum atomic E-state index is 0.868. The van der Waals surface area contributed by atoms with Crippen molar-refractivity contribution in [2.24, 2.45) is 4.99 Å². The molecule has 0 fully saturated rings.